The fourth-order valence-electron chi connectivity index (χ4n) is 4.08. The molecular formula is C25H30N4O2. The van der Waals surface area contributed by atoms with Crippen molar-refractivity contribution in [3.8, 4) is 0 Å². The molecule has 2 aromatic rings. The number of likely N-dealkylation sites (N-methyl/N-ethyl adjacent to an activating group) is 1. The van der Waals surface area contributed by atoms with E-state index in [1.54, 1.807) is 0 Å². The van der Waals surface area contributed by atoms with E-state index < -0.39 is 0 Å². The molecule has 1 saturated heterocycles. The molecule has 31 heavy (non-hydrogen) atoms. The molecule has 4 rings (SSSR count). The minimum Gasteiger partial charge on any atom is -0.369 e. The Morgan fingerprint density at radius 2 is 1.45 bits per heavy atom. The summed E-state index contributed by atoms with van der Waals surface area (Å²) >= 11 is 0. The van der Waals surface area contributed by atoms with Gasteiger partial charge in [-0.15, -0.1) is 0 Å². The molecule has 0 bridgehead atoms. The second-order valence-corrected chi connectivity index (χ2v) is 8.65. The molecule has 0 aromatic heterocycles. The lowest BCUT2D eigenvalue weighted by Crippen LogP contribution is -2.44. The summed E-state index contributed by atoms with van der Waals surface area (Å²) in [6, 6.07) is 15.6. The predicted octanol–water partition coefficient (Wildman–Crippen LogP) is 3.35. The second-order valence-electron chi connectivity index (χ2n) is 8.65. The molecule has 162 valence electrons. The zero-order valence-electron chi connectivity index (χ0n) is 18.7. The first-order chi connectivity index (χ1) is 14.8. The summed E-state index contributed by atoms with van der Waals surface area (Å²) in [5, 5.41) is 3.25. The van der Waals surface area contributed by atoms with Gasteiger partial charge in [-0.25, -0.2) is 0 Å². The number of imide groups is 1. The van der Waals surface area contributed by atoms with Crippen molar-refractivity contribution in [2.75, 3.05) is 43.4 Å². The van der Waals surface area contributed by atoms with Crippen LogP contribution in [0.1, 0.15) is 25.0 Å². The highest BCUT2D eigenvalue weighted by atomic mass is 16.2. The van der Waals surface area contributed by atoms with Gasteiger partial charge in [0.1, 0.15) is 5.70 Å². The van der Waals surface area contributed by atoms with Crippen LogP contribution in [0.15, 0.2) is 54.2 Å². The maximum absolute atomic E-state index is 13.1. The Bertz CT molecular complexity index is 1000. The van der Waals surface area contributed by atoms with Crippen LogP contribution in [0.4, 0.5) is 11.4 Å². The summed E-state index contributed by atoms with van der Waals surface area (Å²) in [5.74, 6) is -0.529. The standard InChI is InChI=1S/C25H30N4O2/c1-17(2)29-24(30)22(19-7-5-18(3)6-8-19)23(25(29)31)26-20-9-11-21(12-10-20)28-15-13-27(4)14-16-28/h5-12,17,26H,13-16H2,1-4H3. The molecule has 2 amide bonds. The number of hydrogen-bond acceptors (Lipinski definition) is 5. The van der Waals surface area contributed by atoms with E-state index in [0.717, 1.165) is 43.0 Å². The second kappa shape index (κ2) is 8.55. The van der Waals surface area contributed by atoms with Gasteiger partial charge >= 0.3 is 0 Å². The lowest BCUT2D eigenvalue weighted by Gasteiger charge is -2.34. The number of carbonyl (C=O) groups excluding carboxylic acids is 2. The van der Waals surface area contributed by atoms with Crippen LogP contribution >= 0.6 is 0 Å². The Labute approximate surface area is 184 Å². The molecule has 0 saturated carbocycles. The largest absolute Gasteiger partial charge is 0.369 e. The third-order valence-corrected chi connectivity index (χ3v) is 5.98. The summed E-state index contributed by atoms with van der Waals surface area (Å²) in [6.07, 6.45) is 0. The van der Waals surface area contributed by atoms with Gasteiger partial charge in [-0.2, -0.15) is 0 Å². The van der Waals surface area contributed by atoms with E-state index in [1.165, 1.54) is 10.6 Å². The number of anilines is 2. The van der Waals surface area contributed by atoms with Gasteiger partial charge in [0, 0.05) is 43.6 Å². The molecule has 0 unspecified atom stereocenters. The summed E-state index contributed by atoms with van der Waals surface area (Å²) in [4.78, 5) is 32.3. The Morgan fingerprint density at radius 3 is 2.03 bits per heavy atom. The number of rotatable bonds is 5. The number of nitrogens with one attached hydrogen (secondary N) is 1. The summed E-state index contributed by atoms with van der Waals surface area (Å²) in [7, 11) is 2.14. The SMILES string of the molecule is Cc1ccc(C2=C(Nc3ccc(N4CCN(C)CC4)cc3)C(=O)N(C(C)C)C2=O)cc1. The average molecular weight is 419 g/mol. The normalized spacial score (nSPS) is 17.8. The minimum absolute atomic E-state index is 0.209. The van der Waals surface area contributed by atoms with Crippen molar-refractivity contribution in [2.45, 2.75) is 26.8 Å². The summed E-state index contributed by atoms with van der Waals surface area (Å²) in [5.41, 5.74) is 4.60. The lowest BCUT2D eigenvalue weighted by atomic mass is 10.0. The van der Waals surface area contributed by atoms with E-state index in [4.69, 9.17) is 0 Å². The maximum Gasteiger partial charge on any atom is 0.278 e. The number of piperazine rings is 1. The van der Waals surface area contributed by atoms with Gasteiger partial charge in [0.15, 0.2) is 0 Å². The molecule has 1 N–H and O–H groups in total. The van der Waals surface area contributed by atoms with Crippen LogP contribution < -0.4 is 10.2 Å². The van der Waals surface area contributed by atoms with Crippen molar-refractivity contribution in [1.82, 2.24) is 9.80 Å². The highest BCUT2D eigenvalue weighted by Gasteiger charge is 2.40. The number of aryl methyl sites for hydroxylation is 1. The zero-order chi connectivity index (χ0) is 22.1. The van der Waals surface area contributed by atoms with Crippen LogP contribution in [0, 0.1) is 6.92 Å². The van der Waals surface area contributed by atoms with Crippen LogP contribution in [0.2, 0.25) is 0 Å². The molecule has 2 aliphatic rings. The fraction of sp³-hybridized carbons (Fsp3) is 0.360. The molecule has 0 spiro atoms. The molecule has 6 nitrogen and oxygen atoms in total. The average Bonchev–Trinajstić information content (AvgIpc) is 2.99. The first kappa shape index (κ1) is 21.1. The molecule has 0 aliphatic carbocycles. The molecule has 2 heterocycles. The molecule has 0 radical (unpaired) electrons. The van der Waals surface area contributed by atoms with Crippen LogP contribution in [-0.2, 0) is 9.59 Å². The Balaban J connectivity index is 1.62. The maximum atomic E-state index is 13.1. The van der Waals surface area contributed by atoms with Gasteiger partial charge in [0.05, 0.1) is 5.57 Å². The number of carbonyl (C=O) groups is 2. The molecular weight excluding hydrogens is 388 g/mol. The molecule has 1 fully saturated rings. The van der Waals surface area contributed by atoms with Crippen molar-refractivity contribution in [1.29, 1.82) is 0 Å². The Hall–Kier alpha value is -3.12. The van der Waals surface area contributed by atoms with E-state index >= 15 is 0 Å². The van der Waals surface area contributed by atoms with Crippen molar-refractivity contribution in [2.24, 2.45) is 0 Å². The van der Waals surface area contributed by atoms with Crippen LogP contribution in [0.25, 0.3) is 5.57 Å². The van der Waals surface area contributed by atoms with Gasteiger partial charge in [-0.1, -0.05) is 29.8 Å². The van der Waals surface area contributed by atoms with Crippen molar-refractivity contribution in [3.05, 3.63) is 65.4 Å². The monoisotopic (exact) mass is 418 g/mol. The van der Waals surface area contributed by atoms with E-state index in [1.807, 2.05) is 57.2 Å². The van der Waals surface area contributed by atoms with Gasteiger partial charge < -0.3 is 15.1 Å². The van der Waals surface area contributed by atoms with Crippen LogP contribution in [-0.4, -0.2) is 60.9 Å². The quantitative estimate of drug-likeness (QED) is 0.755. The van der Waals surface area contributed by atoms with Crippen molar-refractivity contribution >= 4 is 28.8 Å². The number of amides is 2. The smallest absolute Gasteiger partial charge is 0.278 e. The van der Waals surface area contributed by atoms with Gasteiger partial charge in [0.2, 0.25) is 0 Å². The third-order valence-electron chi connectivity index (χ3n) is 5.98. The number of nitrogens with zero attached hydrogens (tertiary/aromatic N) is 3. The van der Waals surface area contributed by atoms with Crippen LogP contribution in [0.5, 0.6) is 0 Å². The van der Waals surface area contributed by atoms with E-state index in [2.05, 4.69) is 34.3 Å². The van der Waals surface area contributed by atoms with E-state index in [0.29, 0.717) is 11.3 Å². The van der Waals surface area contributed by atoms with Gasteiger partial charge in [-0.3, -0.25) is 14.5 Å². The fourth-order valence-corrected chi connectivity index (χ4v) is 4.08. The van der Waals surface area contributed by atoms with Crippen molar-refractivity contribution < 1.29 is 9.59 Å². The van der Waals surface area contributed by atoms with Crippen molar-refractivity contribution in [3.63, 3.8) is 0 Å². The van der Waals surface area contributed by atoms with Crippen LogP contribution in [0.3, 0.4) is 0 Å². The molecule has 0 atom stereocenters. The van der Waals surface area contributed by atoms with Gasteiger partial charge in [0.25, 0.3) is 11.8 Å². The van der Waals surface area contributed by atoms with E-state index in [9.17, 15) is 9.59 Å². The highest BCUT2D eigenvalue weighted by Crippen LogP contribution is 2.32. The summed E-state index contributed by atoms with van der Waals surface area (Å²) in [6.45, 7) is 9.82. The summed E-state index contributed by atoms with van der Waals surface area (Å²) < 4.78 is 0. The Kier molecular flexibility index (Phi) is 5.83. The zero-order valence-corrected chi connectivity index (χ0v) is 18.7. The molecule has 2 aliphatic heterocycles. The predicted molar refractivity (Wildman–Crippen MR) is 125 cm³/mol. The topological polar surface area (TPSA) is 55.9 Å². The first-order valence-corrected chi connectivity index (χ1v) is 10.8. The third kappa shape index (κ3) is 4.21. The van der Waals surface area contributed by atoms with E-state index in [-0.39, 0.29) is 17.9 Å². The molecule has 2 aromatic carbocycles. The first-order valence-electron chi connectivity index (χ1n) is 10.8. The Morgan fingerprint density at radius 1 is 0.839 bits per heavy atom. The molecule has 6 heteroatoms. The highest BCUT2D eigenvalue weighted by molar-refractivity contribution is 6.36. The number of benzene rings is 2. The van der Waals surface area contributed by atoms with Gasteiger partial charge in [-0.05, 0) is 57.6 Å². The lowest BCUT2D eigenvalue weighted by molar-refractivity contribution is -0.138. The minimum atomic E-state index is -0.279. The number of hydrogen-bond donors (Lipinski definition) is 1.